The highest BCUT2D eigenvalue weighted by Gasteiger charge is 2.31. The van der Waals surface area contributed by atoms with Gasteiger partial charge in [-0.05, 0) is 56.5 Å². The van der Waals surface area contributed by atoms with Crippen molar-refractivity contribution in [2.75, 3.05) is 13.1 Å². The number of nitrogens with zero attached hydrogens (tertiary/aromatic N) is 2. The lowest BCUT2D eigenvalue weighted by Crippen LogP contribution is -2.38. The maximum Gasteiger partial charge on any atom is 0.253 e. The van der Waals surface area contributed by atoms with Crippen LogP contribution < -0.4 is 5.32 Å². The predicted octanol–water partition coefficient (Wildman–Crippen LogP) is 3.88. The lowest BCUT2D eigenvalue weighted by molar-refractivity contribution is -0.117. The van der Waals surface area contributed by atoms with Gasteiger partial charge in [-0.3, -0.25) is 4.79 Å². The van der Waals surface area contributed by atoms with E-state index in [0.717, 1.165) is 17.0 Å². The molecule has 0 aromatic heterocycles. The van der Waals surface area contributed by atoms with Crippen molar-refractivity contribution in [2.24, 2.45) is 0 Å². The summed E-state index contributed by atoms with van der Waals surface area (Å²) in [5, 5.41) is 2.51. The normalized spacial score (nSPS) is 17.6. The number of amides is 1. The van der Waals surface area contributed by atoms with Gasteiger partial charge in [0, 0.05) is 43.4 Å². The molecule has 3 rings (SSSR count). The number of carbonyl (C=O) groups is 1. The molecule has 2 aliphatic rings. The van der Waals surface area contributed by atoms with Crippen LogP contribution in [0.4, 0.5) is 0 Å². The zero-order chi connectivity index (χ0) is 23.3. The Bertz CT molecular complexity index is 1070. The Labute approximate surface area is 191 Å². The first-order valence-electron chi connectivity index (χ1n) is 10.7. The summed E-state index contributed by atoms with van der Waals surface area (Å²) in [6.07, 6.45) is 10.2. The van der Waals surface area contributed by atoms with Crippen LogP contribution in [0.5, 0.6) is 0 Å². The second-order valence-corrected chi connectivity index (χ2v) is 10.3. The molecule has 0 aliphatic carbocycles. The summed E-state index contributed by atoms with van der Waals surface area (Å²) in [6.45, 7) is 13.5. The molecule has 1 saturated heterocycles. The Morgan fingerprint density at radius 2 is 1.84 bits per heavy atom. The molecule has 1 fully saturated rings. The maximum atomic E-state index is 13.0. The average Bonchev–Trinajstić information content (AvgIpc) is 2.79. The summed E-state index contributed by atoms with van der Waals surface area (Å²) in [4.78, 5) is 16.8. The van der Waals surface area contributed by atoms with Crippen LogP contribution in [0.25, 0.3) is 0 Å². The third-order valence-electron chi connectivity index (χ3n) is 5.76. The monoisotopic (exact) mass is 453 g/mol. The topological polar surface area (TPSA) is 69.7 Å². The number of piperidine rings is 1. The average molecular weight is 454 g/mol. The van der Waals surface area contributed by atoms with E-state index in [1.54, 1.807) is 47.5 Å². The Morgan fingerprint density at radius 3 is 2.44 bits per heavy atom. The van der Waals surface area contributed by atoms with Gasteiger partial charge >= 0.3 is 0 Å². The number of benzene rings is 1. The van der Waals surface area contributed by atoms with E-state index in [1.807, 2.05) is 26.1 Å². The van der Waals surface area contributed by atoms with E-state index in [0.29, 0.717) is 42.9 Å². The minimum Gasteiger partial charge on any atom is -0.375 e. The highest BCUT2D eigenvalue weighted by molar-refractivity contribution is 7.92. The molecule has 2 heterocycles. The second-order valence-electron chi connectivity index (χ2n) is 8.09. The maximum absolute atomic E-state index is 13.0. The molecular weight excluding hydrogens is 422 g/mol. The molecular formula is C25H31N3O3S. The van der Waals surface area contributed by atoms with E-state index in [4.69, 9.17) is 0 Å². The highest BCUT2D eigenvalue weighted by atomic mass is 32.2. The molecule has 1 aromatic rings. The lowest BCUT2D eigenvalue weighted by atomic mass is 10.1. The fourth-order valence-electron chi connectivity index (χ4n) is 3.80. The summed E-state index contributed by atoms with van der Waals surface area (Å²) in [5.74, 6) is -0.204. The largest absolute Gasteiger partial charge is 0.375 e. The van der Waals surface area contributed by atoms with Gasteiger partial charge in [-0.15, -0.1) is 0 Å². The van der Waals surface area contributed by atoms with Gasteiger partial charge in [0.25, 0.3) is 5.91 Å². The van der Waals surface area contributed by atoms with Crippen molar-refractivity contribution in [3.8, 4) is 0 Å². The zero-order valence-electron chi connectivity index (χ0n) is 18.8. The van der Waals surface area contributed by atoms with Crippen LogP contribution in [-0.2, 0) is 21.2 Å². The van der Waals surface area contributed by atoms with Crippen molar-refractivity contribution in [1.82, 2.24) is 15.1 Å². The zero-order valence-corrected chi connectivity index (χ0v) is 19.6. The van der Waals surface area contributed by atoms with Crippen LogP contribution in [0, 0.1) is 0 Å². The van der Waals surface area contributed by atoms with Gasteiger partial charge in [0.2, 0.25) is 0 Å². The first-order valence-corrected chi connectivity index (χ1v) is 12.3. The quantitative estimate of drug-likeness (QED) is 0.679. The number of allylic oxidation sites excluding steroid dienone is 3. The van der Waals surface area contributed by atoms with Gasteiger partial charge in [0.05, 0.1) is 15.7 Å². The van der Waals surface area contributed by atoms with E-state index in [-0.39, 0.29) is 11.2 Å². The number of likely N-dealkylation sites (tertiary alicyclic amines) is 1. The van der Waals surface area contributed by atoms with Gasteiger partial charge in [-0.2, -0.15) is 0 Å². The molecule has 2 aliphatic heterocycles. The molecule has 32 heavy (non-hydrogen) atoms. The second kappa shape index (κ2) is 10.0. The summed E-state index contributed by atoms with van der Waals surface area (Å²) >= 11 is 0. The third kappa shape index (κ3) is 5.40. The van der Waals surface area contributed by atoms with Crippen LogP contribution in [0.15, 0.2) is 89.9 Å². The number of hydrogen-bond donors (Lipinski definition) is 1. The van der Waals surface area contributed by atoms with Gasteiger partial charge in [0.1, 0.15) is 0 Å². The van der Waals surface area contributed by atoms with Gasteiger partial charge in [0.15, 0.2) is 9.84 Å². The number of carbonyl (C=O) groups excluding carboxylic acids is 1. The Balaban J connectivity index is 1.60. The molecule has 0 saturated carbocycles. The highest BCUT2D eigenvalue weighted by Crippen LogP contribution is 2.26. The summed E-state index contributed by atoms with van der Waals surface area (Å²) in [7, 11) is -3.38. The SMILES string of the molecule is C=C1C=CC(C(=O)NCc2ccc(S(=O)(=O)C3CCN(C(=C)C)CC3)cc2)=CN1/C=C\C. The van der Waals surface area contributed by atoms with Gasteiger partial charge in [-0.1, -0.05) is 31.4 Å². The van der Waals surface area contributed by atoms with Crippen molar-refractivity contribution in [1.29, 1.82) is 0 Å². The summed E-state index contributed by atoms with van der Waals surface area (Å²) in [5.41, 5.74) is 3.12. The van der Waals surface area contributed by atoms with Gasteiger partial charge < -0.3 is 15.1 Å². The Hall–Kier alpha value is -3.06. The number of hydrogen-bond acceptors (Lipinski definition) is 5. The van der Waals surface area contributed by atoms with Crippen LogP contribution in [0.3, 0.4) is 0 Å². The molecule has 0 atom stereocenters. The minimum atomic E-state index is -3.38. The van der Waals surface area contributed by atoms with Crippen LogP contribution in [0.2, 0.25) is 0 Å². The lowest BCUT2D eigenvalue weighted by Gasteiger charge is -2.33. The fourth-order valence-corrected chi connectivity index (χ4v) is 5.53. The molecule has 6 nitrogen and oxygen atoms in total. The van der Waals surface area contributed by atoms with Crippen LogP contribution in [0.1, 0.15) is 32.3 Å². The van der Waals surface area contributed by atoms with Crippen molar-refractivity contribution >= 4 is 15.7 Å². The number of rotatable bonds is 7. The van der Waals surface area contributed by atoms with Crippen molar-refractivity contribution in [3.63, 3.8) is 0 Å². The van der Waals surface area contributed by atoms with Crippen LogP contribution in [-0.4, -0.2) is 42.5 Å². The Morgan fingerprint density at radius 1 is 1.19 bits per heavy atom. The van der Waals surface area contributed by atoms with Crippen molar-refractivity contribution in [3.05, 3.63) is 90.6 Å². The molecule has 0 bridgehead atoms. The standard InChI is InChI=1S/C25H31N3O3S/c1-5-14-28-18-22(9-6-20(28)4)25(29)26-17-21-7-10-23(11-8-21)32(30,31)24-12-15-27(16-13-24)19(2)3/h5-11,14,18,24H,2,4,12-13,15-17H2,1,3H3,(H,26,29)/b14-5-. The van der Waals surface area contributed by atoms with Crippen molar-refractivity contribution in [2.45, 2.75) is 43.4 Å². The first kappa shape index (κ1) is 23.6. The first-order chi connectivity index (χ1) is 15.2. The molecule has 1 aromatic carbocycles. The minimum absolute atomic E-state index is 0.204. The molecule has 0 unspecified atom stereocenters. The van der Waals surface area contributed by atoms with Gasteiger partial charge in [-0.25, -0.2) is 8.42 Å². The fraction of sp³-hybridized carbons (Fsp3) is 0.320. The van der Waals surface area contributed by atoms with E-state index in [9.17, 15) is 13.2 Å². The van der Waals surface area contributed by atoms with Crippen molar-refractivity contribution < 1.29 is 13.2 Å². The smallest absolute Gasteiger partial charge is 0.253 e. The number of nitrogens with one attached hydrogen (secondary N) is 1. The molecule has 1 N–H and O–H groups in total. The summed E-state index contributed by atoms with van der Waals surface area (Å²) in [6, 6.07) is 6.80. The molecule has 0 spiro atoms. The van der Waals surface area contributed by atoms with E-state index in [2.05, 4.69) is 23.4 Å². The third-order valence-corrected chi connectivity index (χ3v) is 8.04. The number of sulfone groups is 1. The predicted molar refractivity (Wildman–Crippen MR) is 128 cm³/mol. The van der Waals surface area contributed by atoms with E-state index < -0.39 is 9.84 Å². The van der Waals surface area contributed by atoms with E-state index >= 15 is 0 Å². The van der Waals surface area contributed by atoms with E-state index in [1.165, 1.54) is 0 Å². The molecule has 170 valence electrons. The summed E-state index contributed by atoms with van der Waals surface area (Å²) < 4.78 is 26.0. The Kier molecular flexibility index (Phi) is 7.40. The molecule has 7 heteroatoms. The molecule has 1 amide bonds. The molecule has 0 radical (unpaired) electrons. The van der Waals surface area contributed by atoms with Crippen LogP contribution >= 0.6 is 0 Å².